The Balaban J connectivity index is 1.95. The number of rotatable bonds is 5. The van der Waals surface area contributed by atoms with Gasteiger partial charge in [-0.2, -0.15) is 4.98 Å². The number of aromatic nitrogens is 2. The maximum atomic E-state index is 5.38. The molecule has 0 bridgehead atoms. The van der Waals surface area contributed by atoms with Crippen LogP contribution in [0.25, 0.3) is 0 Å². The molecule has 0 saturated heterocycles. The number of hydrogen-bond acceptors (Lipinski definition) is 4. The summed E-state index contributed by atoms with van der Waals surface area (Å²) in [5, 5.41) is 3.36. The van der Waals surface area contributed by atoms with Gasteiger partial charge in [0, 0.05) is 12.6 Å². The quantitative estimate of drug-likeness (QED) is 0.829. The number of ether oxygens (including phenoxy) is 1. The number of nitrogens with one attached hydrogen (secondary N) is 1. The molecule has 1 aromatic rings. The van der Waals surface area contributed by atoms with Crippen LogP contribution < -0.4 is 10.1 Å². The van der Waals surface area contributed by atoms with Gasteiger partial charge >= 0.3 is 0 Å². The molecule has 1 fully saturated rings. The molecule has 0 aromatic carbocycles. The van der Waals surface area contributed by atoms with Crippen molar-refractivity contribution in [1.29, 1.82) is 0 Å². The Morgan fingerprint density at radius 1 is 1.44 bits per heavy atom. The SMILES string of the molecule is CCOc1cc(NCC2CCC2)nc(C)n1. The monoisotopic (exact) mass is 221 g/mol. The molecule has 0 unspecified atom stereocenters. The van der Waals surface area contributed by atoms with Crippen LogP contribution in [-0.4, -0.2) is 23.1 Å². The Bertz CT molecular complexity index is 350. The van der Waals surface area contributed by atoms with E-state index >= 15 is 0 Å². The molecule has 4 nitrogen and oxygen atoms in total. The minimum absolute atomic E-state index is 0.637. The van der Waals surface area contributed by atoms with Crippen molar-refractivity contribution in [3.05, 3.63) is 11.9 Å². The fraction of sp³-hybridized carbons (Fsp3) is 0.667. The van der Waals surface area contributed by atoms with Gasteiger partial charge < -0.3 is 10.1 Å². The van der Waals surface area contributed by atoms with Gasteiger partial charge in [0.1, 0.15) is 11.6 Å². The molecule has 0 spiro atoms. The molecule has 0 aliphatic heterocycles. The smallest absolute Gasteiger partial charge is 0.218 e. The molecule has 1 aliphatic carbocycles. The van der Waals surface area contributed by atoms with E-state index in [9.17, 15) is 0 Å². The Hall–Kier alpha value is -1.32. The van der Waals surface area contributed by atoms with E-state index in [1.165, 1.54) is 19.3 Å². The van der Waals surface area contributed by atoms with Crippen LogP contribution in [0.3, 0.4) is 0 Å². The first kappa shape index (κ1) is 11.2. The Morgan fingerprint density at radius 2 is 2.25 bits per heavy atom. The zero-order chi connectivity index (χ0) is 11.4. The maximum Gasteiger partial charge on any atom is 0.218 e. The summed E-state index contributed by atoms with van der Waals surface area (Å²) in [5.74, 6) is 3.11. The van der Waals surface area contributed by atoms with Gasteiger partial charge in [0.15, 0.2) is 0 Å². The van der Waals surface area contributed by atoms with Crippen molar-refractivity contribution >= 4 is 5.82 Å². The molecule has 1 N–H and O–H groups in total. The van der Waals surface area contributed by atoms with E-state index in [4.69, 9.17) is 4.74 Å². The summed E-state index contributed by atoms with van der Waals surface area (Å²) < 4.78 is 5.38. The van der Waals surface area contributed by atoms with E-state index in [-0.39, 0.29) is 0 Å². The Labute approximate surface area is 96.4 Å². The summed E-state index contributed by atoms with van der Waals surface area (Å²) in [7, 11) is 0. The van der Waals surface area contributed by atoms with E-state index in [0.29, 0.717) is 12.5 Å². The molecule has 0 amide bonds. The second kappa shape index (κ2) is 5.14. The lowest BCUT2D eigenvalue weighted by Gasteiger charge is -2.25. The fourth-order valence-corrected chi connectivity index (χ4v) is 1.80. The highest BCUT2D eigenvalue weighted by molar-refractivity contribution is 5.38. The zero-order valence-electron chi connectivity index (χ0n) is 9.99. The number of aryl methyl sites for hydroxylation is 1. The van der Waals surface area contributed by atoms with Gasteiger partial charge in [-0.1, -0.05) is 6.42 Å². The van der Waals surface area contributed by atoms with Crippen molar-refractivity contribution in [2.24, 2.45) is 5.92 Å². The zero-order valence-corrected chi connectivity index (χ0v) is 9.99. The van der Waals surface area contributed by atoms with Crippen molar-refractivity contribution in [3.63, 3.8) is 0 Å². The maximum absolute atomic E-state index is 5.38. The predicted octanol–water partition coefficient (Wildman–Crippen LogP) is 2.40. The van der Waals surface area contributed by atoms with Gasteiger partial charge in [0.2, 0.25) is 5.88 Å². The van der Waals surface area contributed by atoms with Crippen LogP contribution in [0.1, 0.15) is 32.0 Å². The molecule has 1 heterocycles. The summed E-state index contributed by atoms with van der Waals surface area (Å²) in [4.78, 5) is 8.56. The topological polar surface area (TPSA) is 47.0 Å². The van der Waals surface area contributed by atoms with Crippen LogP contribution in [0.2, 0.25) is 0 Å². The average molecular weight is 221 g/mol. The van der Waals surface area contributed by atoms with Crippen molar-refractivity contribution in [3.8, 4) is 5.88 Å². The van der Waals surface area contributed by atoms with Crippen LogP contribution in [0.4, 0.5) is 5.82 Å². The van der Waals surface area contributed by atoms with Crippen LogP contribution >= 0.6 is 0 Å². The van der Waals surface area contributed by atoms with Gasteiger partial charge in [-0.3, -0.25) is 0 Å². The van der Waals surface area contributed by atoms with Crippen LogP contribution in [-0.2, 0) is 0 Å². The largest absolute Gasteiger partial charge is 0.478 e. The number of nitrogens with zero attached hydrogens (tertiary/aromatic N) is 2. The highest BCUT2D eigenvalue weighted by Gasteiger charge is 2.17. The Kier molecular flexibility index (Phi) is 3.59. The number of anilines is 1. The number of hydrogen-bond donors (Lipinski definition) is 1. The first-order chi connectivity index (χ1) is 7.78. The standard InChI is InChI=1S/C12H19N3O/c1-3-16-12-7-11(14-9(2)15-12)13-8-10-5-4-6-10/h7,10H,3-6,8H2,1-2H3,(H,13,14,15). The molecule has 2 rings (SSSR count). The van der Waals surface area contributed by atoms with Gasteiger partial charge in [-0.15, -0.1) is 0 Å². The van der Waals surface area contributed by atoms with Crippen molar-refractivity contribution in [1.82, 2.24) is 9.97 Å². The minimum atomic E-state index is 0.637. The first-order valence-electron chi connectivity index (χ1n) is 6.00. The van der Waals surface area contributed by atoms with Crippen LogP contribution in [0, 0.1) is 12.8 Å². The molecule has 0 atom stereocenters. The van der Waals surface area contributed by atoms with Gasteiger partial charge in [-0.25, -0.2) is 4.98 Å². The molecule has 16 heavy (non-hydrogen) atoms. The van der Waals surface area contributed by atoms with E-state index in [1.807, 2.05) is 19.9 Å². The molecule has 4 heteroatoms. The van der Waals surface area contributed by atoms with E-state index in [2.05, 4.69) is 15.3 Å². The third kappa shape index (κ3) is 2.84. The summed E-state index contributed by atoms with van der Waals surface area (Å²) >= 11 is 0. The summed E-state index contributed by atoms with van der Waals surface area (Å²) in [6.45, 7) is 5.50. The molecular formula is C12H19N3O. The predicted molar refractivity (Wildman–Crippen MR) is 63.8 cm³/mol. The van der Waals surface area contributed by atoms with Crippen LogP contribution in [0.5, 0.6) is 5.88 Å². The second-order valence-corrected chi connectivity index (χ2v) is 4.25. The van der Waals surface area contributed by atoms with E-state index < -0.39 is 0 Å². The highest BCUT2D eigenvalue weighted by Crippen LogP contribution is 2.26. The third-order valence-corrected chi connectivity index (χ3v) is 2.90. The van der Waals surface area contributed by atoms with Crippen molar-refractivity contribution < 1.29 is 4.74 Å². The highest BCUT2D eigenvalue weighted by atomic mass is 16.5. The molecular weight excluding hydrogens is 202 g/mol. The second-order valence-electron chi connectivity index (χ2n) is 4.25. The molecule has 1 aliphatic rings. The summed E-state index contributed by atoms with van der Waals surface area (Å²) in [6.07, 6.45) is 4.06. The lowest BCUT2D eigenvalue weighted by molar-refractivity contribution is 0.324. The van der Waals surface area contributed by atoms with E-state index in [1.54, 1.807) is 0 Å². The minimum Gasteiger partial charge on any atom is -0.478 e. The lowest BCUT2D eigenvalue weighted by atomic mass is 9.85. The van der Waals surface area contributed by atoms with Gasteiger partial charge in [0.25, 0.3) is 0 Å². The molecule has 1 saturated carbocycles. The average Bonchev–Trinajstić information content (AvgIpc) is 2.14. The van der Waals surface area contributed by atoms with Crippen molar-refractivity contribution in [2.75, 3.05) is 18.5 Å². The third-order valence-electron chi connectivity index (χ3n) is 2.90. The summed E-state index contributed by atoms with van der Waals surface area (Å²) in [5.41, 5.74) is 0. The molecule has 1 aromatic heterocycles. The van der Waals surface area contributed by atoms with Gasteiger partial charge in [-0.05, 0) is 32.6 Å². The normalized spacial score (nSPS) is 15.6. The lowest BCUT2D eigenvalue weighted by Crippen LogP contribution is -2.21. The van der Waals surface area contributed by atoms with Crippen LogP contribution in [0.15, 0.2) is 6.07 Å². The Morgan fingerprint density at radius 3 is 2.88 bits per heavy atom. The van der Waals surface area contributed by atoms with Gasteiger partial charge in [0.05, 0.1) is 6.61 Å². The summed E-state index contributed by atoms with van der Waals surface area (Å²) in [6, 6.07) is 1.87. The fourth-order valence-electron chi connectivity index (χ4n) is 1.80. The van der Waals surface area contributed by atoms with Crippen molar-refractivity contribution in [2.45, 2.75) is 33.1 Å². The first-order valence-corrected chi connectivity index (χ1v) is 6.00. The molecule has 88 valence electrons. The molecule has 0 radical (unpaired) electrons. The van der Waals surface area contributed by atoms with E-state index in [0.717, 1.165) is 24.1 Å².